The molecule has 0 bridgehead atoms. The molecule has 4 heteroatoms. The topological polar surface area (TPSA) is 58.9 Å². The predicted molar refractivity (Wildman–Crippen MR) is 72.0 cm³/mol. The zero-order valence-electron chi connectivity index (χ0n) is 10.2. The number of hydrogen-bond acceptors (Lipinski definition) is 3. The fraction of sp³-hybridized carbons (Fsp3) is 0.200. The Labute approximate surface area is 109 Å². The molecule has 0 atom stereocenters. The molecule has 1 fully saturated rings. The molecule has 1 aliphatic carbocycles. The van der Waals surface area contributed by atoms with Crippen LogP contribution in [0.15, 0.2) is 45.8 Å². The summed E-state index contributed by atoms with van der Waals surface area (Å²) >= 11 is 0. The van der Waals surface area contributed by atoms with Crippen LogP contribution < -0.4 is 5.56 Å². The second-order valence-electron chi connectivity index (χ2n) is 4.94. The van der Waals surface area contributed by atoms with Gasteiger partial charge in [-0.3, -0.25) is 4.79 Å². The fourth-order valence-electron chi connectivity index (χ4n) is 2.35. The summed E-state index contributed by atoms with van der Waals surface area (Å²) < 4.78 is 5.50. The summed E-state index contributed by atoms with van der Waals surface area (Å²) in [6.07, 6.45) is 3.91. The second kappa shape index (κ2) is 3.82. The molecule has 0 spiro atoms. The first-order valence-corrected chi connectivity index (χ1v) is 6.39. The van der Waals surface area contributed by atoms with Crippen molar-refractivity contribution in [3.05, 3.63) is 52.6 Å². The highest BCUT2D eigenvalue weighted by Gasteiger charge is 2.26. The van der Waals surface area contributed by atoms with Crippen molar-refractivity contribution in [2.24, 2.45) is 0 Å². The lowest BCUT2D eigenvalue weighted by molar-refractivity contribution is 0.616. The lowest BCUT2D eigenvalue weighted by Gasteiger charge is -2.01. The first-order valence-electron chi connectivity index (χ1n) is 6.39. The molecule has 0 unspecified atom stereocenters. The Morgan fingerprint density at radius 1 is 1.26 bits per heavy atom. The van der Waals surface area contributed by atoms with Crippen molar-refractivity contribution in [3.8, 4) is 11.4 Å². The lowest BCUT2D eigenvalue weighted by atomic mass is 10.1. The van der Waals surface area contributed by atoms with Gasteiger partial charge in [0.05, 0.1) is 11.3 Å². The number of fused-ring (bicyclic) bond motifs is 1. The molecule has 0 amide bonds. The van der Waals surface area contributed by atoms with Crippen molar-refractivity contribution in [2.45, 2.75) is 18.8 Å². The third-order valence-electron chi connectivity index (χ3n) is 3.49. The van der Waals surface area contributed by atoms with E-state index in [1.54, 1.807) is 12.3 Å². The number of benzene rings is 1. The Hall–Kier alpha value is -2.36. The van der Waals surface area contributed by atoms with E-state index in [0.717, 1.165) is 35.1 Å². The van der Waals surface area contributed by atoms with Crippen LogP contribution in [0.1, 0.15) is 24.5 Å². The summed E-state index contributed by atoms with van der Waals surface area (Å²) in [5.74, 6) is 1.05. The van der Waals surface area contributed by atoms with E-state index in [-0.39, 0.29) is 5.56 Å². The Morgan fingerprint density at radius 2 is 2.11 bits per heavy atom. The summed E-state index contributed by atoms with van der Waals surface area (Å²) in [4.78, 5) is 19.1. The van der Waals surface area contributed by atoms with E-state index < -0.39 is 0 Å². The van der Waals surface area contributed by atoms with Crippen molar-refractivity contribution < 1.29 is 4.42 Å². The van der Waals surface area contributed by atoms with E-state index in [1.807, 2.05) is 24.3 Å². The Bertz CT molecular complexity index is 812. The SMILES string of the molecule is O=c1cc(C2CC2)nc(-c2coc3ccccc23)[nH]1. The molecular formula is C15H12N2O2. The molecule has 19 heavy (non-hydrogen) atoms. The molecule has 94 valence electrons. The first-order chi connectivity index (χ1) is 9.31. The maximum Gasteiger partial charge on any atom is 0.251 e. The molecule has 0 radical (unpaired) electrons. The Balaban J connectivity index is 1.94. The zero-order valence-corrected chi connectivity index (χ0v) is 10.2. The van der Waals surface area contributed by atoms with Crippen LogP contribution in [0.3, 0.4) is 0 Å². The lowest BCUT2D eigenvalue weighted by Crippen LogP contribution is -2.09. The van der Waals surface area contributed by atoms with Crippen molar-refractivity contribution >= 4 is 11.0 Å². The normalized spacial score (nSPS) is 14.9. The summed E-state index contributed by atoms with van der Waals surface area (Å²) in [5.41, 5.74) is 2.44. The van der Waals surface area contributed by atoms with Crippen molar-refractivity contribution in [2.75, 3.05) is 0 Å². The Kier molecular flexibility index (Phi) is 2.12. The van der Waals surface area contributed by atoms with E-state index in [1.165, 1.54) is 0 Å². The molecular weight excluding hydrogens is 240 g/mol. The number of hydrogen-bond donors (Lipinski definition) is 1. The number of para-hydroxylation sites is 1. The van der Waals surface area contributed by atoms with Gasteiger partial charge in [-0.2, -0.15) is 0 Å². The van der Waals surface area contributed by atoms with Gasteiger partial charge in [-0.05, 0) is 18.9 Å². The van der Waals surface area contributed by atoms with E-state index in [9.17, 15) is 4.79 Å². The molecule has 1 saturated carbocycles. The van der Waals surface area contributed by atoms with E-state index >= 15 is 0 Å². The average Bonchev–Trinajstić information content (AvgIpc) is 3.18. The molecule has 1 aliphatic rings. The largest absolute Gasteiger partial charge is 0.464 e. The van der Waals surface area contributed by atoms with Gasteiger partial charge < -0.3 is 9.40 Å². The van der Waals surface area contributed by atoms with Crippen LogP contribution >= 0.6 is 0 Å². The molecule has 1 N–H and O–H groups in total. The zero-order chi connectivity index (χ0) is 12.8. The minimum absolute atomic E-state index is 0.0998. The maximum atomic E-state index is 11.7. The molecule has 0 aliphatic heterocycles. The second-order valence-corrected chi connectivity index (χ2v) is 4.94. The molecule has 4 rings (SSSR count). The first kappa shape index (κ1) is 10.6. The number of nitrogens with zero attached hydrogens (tertiary/aromatic N) is 1. The van der Waals surface area contributed by atoms with Gasteiger partial charge in [-0.15, -0.1) is 0 Å². The van der Waals surface area contributed by atoms with Crippen LogP contribution in [0.25, 0.3) is 22.4 Å². The Morgan fingerprint density at radius 3 is 2.95 bits per heavy atom. The van der Waals surface area contributed by atoms with Crippen LogP contribution in [-0.4, -0.2) is 9.97 Å². The van der Waals surface area contributed by atoms with Crippen molar-refractivity contribution in [1.29, 1.82) is 0 Å². The van der Waals surface area contributed by atoms with Gasteiger partial charge in [0.1, 0.15) is 17.7 Å². The van der Waals surface area contributed by atoms with Crippen molar-refractivity contribution in [1.82, 2.24) is 9.97 Å². The molecule has 4 nitrogen and oxygen atoms in total. The van der Waals surface area contributed by atoms with Gasteiger partial charge in [0, 0.05) is 17.4 Å². The molecule has 2 aromatic heterocycles. The van der Waals surface area contributed by atoms with Gasteiger partial charge >= 0.3 is 0 Å². The molecule has 0 saturated heterocycles. The number of aromatic amines is 1. The smallest absolute Gasteiger partial charge is 0.251 e. The van der Waals surface area contributed by atoms with Gasteiger partial charge in [0.2, 0.25) is 0 Å². The average molecular weight is 252 g/mol. The standard InChI is InChI=1S/C15H12N2O2/c18-14-7-12(9-5-6-9)16-15(17-14)11-8-19-13-4-2-1-3-10(11)13/h1-4,7-9H,5-6H2,(H,16,17,18). The van der Waals surface area contributed by atoms with Crippen LogP contribution in [0, 0.1) is 0 Å². The van der Waals surface area contributed by atoms with Crippen LogP contribution in [0.4, 0.5) is 0 Å². The van der Waals surface area contributed by atoms with E-state index in [0.29, 0.717) is 11.7 Å². The predicted octanol–water partition coefficient (Wildman–Crippen LogP) is 3.06. The molecule has 3 aromatic rings. The van der Waals surface area contributed by atoms with Crippen LogP contribution in [-0.2, 0) is 0 Å². The van der Waals surface area contributed by atoms with Gasteiger partial charge in [-0.25, -0.2) is 4.98 Å². The summed E-state index contributed by atoms with van der Waals surface area (Å²) in [7, 11) is 0. The van der Waals surface area contributed by atoms with Gasteiger partial charge in [0.15, 0.2) is 0 Å². The summed E-state index contributed by atoms with van der Waals surface area (Å²) in [6, 6.07) is 9.35. The number of nitrogens with one attached hydrogen (secondary N) is 1. The highest BCUT2D eigenvalue weighted by molar-refractivity contribution is 5.91. The van der Waals surface area contributed by atoms with E-state index in [4.69, 9.17) is 4.42 Å². The number of rotatable bonds is 2. The number of aromatic nitrogens is 2. The van der Waals surface area contributed by atoms with E-state index in [2.05, 4.69) is 9.97 Å². The van der Waals surface area contributed by atoms with Crippen LogP contribution in [0.2, 0.25) is 0 Å². The quantitative estimate of drug-likeness (QED) is 0.762. The minimum atomic E-state index is -0.0998. The summed E-state index contributed by atoms with van der Waals surface area (Å²) in [5, 5.41) is 0.971. The van der Waals surface area contributed by atoms with Crippen molar-refractivity contribution in [3.63, 3.8) is 0 Å². The maximum absolute atomic E-state index is 11.7. The van der Waals surface area contributed by atoms with Gasteiger partial charge in [-0.1, -0.05) is 18.2 Å². The summed E-state index contributed by atoms with van der Waals surface area (Å²) in [6.45, 7) is 0. The monoisotopic (exact) mass is 252 g/mol. The number of H-pyrrole nitrogens is 1. The third kappa shape index (κ3) is 1.76. The van der Waals surface area contributed by atoms with Gasteiger partial charge in [0.25, 0.3) is 5.56 Å². The van der Waals surface area contributed by atoms with Crippen LogP contribution in [0.5, 0.6) is 0 Å². The highest BCUT2D eigenvalue weighted by atomic mass is 16.3. The number of furan rings is 1. The fourth-order valence-corrected chi connectivity index (χ4v) is 2.35. The minimum Gasteiger partial charge on any atom is -0.464 e. The molecule has 2 heterocycles. The molecule has 1 aromatic carbocycles. The third-order valence-corrected chi connectivity index (χ3v) is 3.49. The highest BCUT2D eigenvalue weighted by Crippen LogP contribution is 2.39.